The summed E-state index contributed by atoms with van der Waals surface area (Å²) >= 11 is 0. The van der Waals surface area contributed by atoms with Crippen LogP contribution in [-0.2, 0) is 11.3 Å². The third-order valence-electron chi connectivity index (χ3n) is 2.38. The number of nitrogens with zero attached hydrogens (tertiary/aromatic N) is 4. The minimum absolute atomic E-state index is 0.150. The predicted octanol–water partition coefficient (Wildman–Crippen LogP) is 0.764. The normalized spacial score (nSPS) is 17.8. The lowest BCUT2D eigenvalue weighted by Gasteiger charge is -2.08. The Balaban J connectivity index is 1.81. The highest BCUT2D eigenvalue weighted by Gasteiger charge is 2.33. The number of unbranched alkanes of at least 4 members (excludes halogenated alkanes) is 1. The smallest absolute Gasteiger partial charge is 0.443 e. The predicted molar refractivity (Wildman–Crippen MR) is 56.8 cm³/mol. The monoisotopic (exact) mass is 242 g/mol. The summed E-state index contributed by atoms with van der Waals surface area (Å²) in [7, 11) is 0. The highest BCUT2D eigenvalue weighted by Crippen LogP contribution is 2.21. The average molecular weight is 242 g/mol. The Labute approximate surface area is 97.7 Å². The molecule has 0 amide bonds. The molecule has 2 rings (SSSR count). The quantitative estimate of drug-likeness (QED) is 0.415. The highest BCUT2D eigenvalue weighted by molar-refractivity contribution is 5.11. The molecule has 0 aliphatic carbocycles. The van der Waals surface area contributed by atoms with Crippen molar-refractivity contribution in [3.05, 3.63) is 10.1 Å². The summed E-state index contributed by atoms with van der Waals surface area (Å²) in [5.41, 5.74) is 0. The van der Waals surface area contributed by atoms with Gasteiger partial charge in [-0.15, -0.1) is 4.68 Å². The molecule has 0 fully saturated rings. The van der Waals surface area contributed by atoms with Crippen molar-refractivity contribution in [2.45, 2.75) is 32.4 Å². The third kappa shape index (κ3) is 2.70. The van der Waals surface area contributed by atoms with Crippen molar-refractivity contribution in [3.8, 4) is 6.01 Å². The molecule has 0 saturated carbocycles. The number of aromatic nitrogens is 3. The van der Waals surface area contributed by atoms with E-state index in [-0.39, 0.29) is 12.1 Å². The van der Waals surface area contributed by atoms with Crippen LogP contribution in [0.2, 0.25) is 0 Å². The lowest BCUT2D eigenvalue weighted by Crippen LogP contribution is -2.22. The molecule has 0 radical (unpaired) electrons. The Hall–Kier alpha value is -1.70. The summed E-state index contributed by atoms with van der Waals surface area (Å²) in [5.74, 6) is -0.426. The Kier molecular flexibility index (Phi) is 3.52. The molecule has 94 valence electrons. The molecule has 17 heavy (non-hydrogen) atoms. The van der Waals surface area contributed by atoms with Crippen molar-refractivity contribution in [1.82, 2.24) is 14.8 Å². The van der Waals surface area contributed by atoms with Crippen LogP contribution in [0.3, 0.4) is 0 Å². The first-order chi connectivity index (χ1) is 8.20. The van der Waals surface area contributed by atoms with E-state index in [1.807, 2.05) is 0 Å². The first-order valence-electron chi connectivity index (χ1n) is 5.54. The Morgan fingerprint density at radius 3 is 3.18 bits per heavy atom. The average Bonchev–Trinajstić information content (AvgIpc) is 2.81. The zero-order chi connectivity index (χ0) is 12.3. The van der Waals surface area contributed by atoms with Crippen LogP contribution >= 0.6 is 0 Å². The van der Waals surface area contributed by atoms with Crippen molar-refractivity contribution < 1.29 is 14.4 Å². The summed E-state index contributed by atoms with van der Waals surface area (Å²) in [6.45, 7) is 3.70. The molecule has 0 spiro atoms. The first-order valence-corrected chi connectivity index (χ1v) is 5.54. The number of rotatable bonds is 6. The number of hydrogen-bond acceptors (Lipinski definition) is 6. The Morgan fingerprint density at radius 2 is 2.53 bits per heavy atom. The second kappa shape index (κ2) is 5.09. The maximum atomic E-state index is 10.4. The molecule has 0 saturated heterocycles. The van der Waals surface area contributed by atoms with Gasteiger partial charge in [0.2, 0.25) is 0 Å². The van der Waals surface area contributed by atoms with Gasteiger partial charge in [-0.05, 0) is 16.3 Å². The molecule has 1 unspecified atom stereocenters. The van der Waals surface area contributed by atoms with Crippen LogP contribution in [0.1, 0.15) is 19.8 Å². The summed E-state index contributed by atoms with van der Waals surface area (Å²) in [6.07, 6.45) is 1.95. The molecule has 0 bridgehead atoms. The lowest BCUT2D eigenvalue weighted by atomic mass is 10.3. The largest absolute Gasteiger partial charge is 0.494 e. The molecular formula is C9H14N4O4. The number of fused-ring (bicyclic) bond motifs is 1. The lowest BCUT2D eigenvalue weighted by molar-refractivity contribution is -0.394. The topological polar surface area (TPSA) is 92.3 Å². The summed E-state index contributed by atoms with van der Waals surface area (Å²) in [6, 6.07) is 0.195. The number of ether oxygens (including phenoxy) is 2. The molecule has 8 nitrogen and oxygen atoms in total. The van der Waals surface area contributed by atoms with Crippen LogP contribution in [0, 0.1) is 10.1 Å². The van der Waals surface area contributed by atoms with Gasteiger partial charge >= 0.3 is 12.0 Å². The van der Waals surface area contributed by atoms with Gasteiger partial charge in [-0.2, -0.15) is 0 Å². The van der Waals surface area contributed by atoms with Gasteiger partial charge in [0.05, 0.1) is 6.61 Å². The van der Waals surface area contributed by atoms with E-state index in [0.29, 0.717) is 19.8 Å². The van der Waals surface area contributed by atoms with Gasteiger partial charge in [0.25, 0.3) is 0 Å². The molecule has 0 aromatic carbocycles. The van der Waals surface area contributed by atoms with E-state index in [0.717, 1.165) is 12.8 Å². The second-order valence-electron chi connectivity index (χ2n) is 3.80. The van der Waals surface area contributed by atoms with E-state index >= 15 is 0 Å². The highest BCUT2D eigenvalue weighted by atomic mass is 16.6. The van der Waals surface area contributed by atoms with E-state index < -0.39 is 10.9 Å². The SMILES string of the molecule is CCCCOCC1Cn2nc([N+](=O)[O-])nc2O1. The van der Waals surface area contributed by atoms with Gasteiger partial charge < -0.3 is 19.6 Å². The van der Waals surface area contributed by atoms with Gasteiger partial charge in [-0.25, -0.2) is 0 Å². The van der Waals surface area contributed by atoms with E-state index in [4.69, 9.17) is 9.47 Å². The second-order valence-corrected chi connectivity index (χ2v) is 3.80. The Bertz CT molecular complexity index is 382. The van der Waals surface area contributed by atoms with Crippen LogP contribution in [0.4, 0.5) is 5.95 Å². The molecule has 1 aromatic rings. The standard InChI is InChI=1S/C9H14N4O4/c1-2-3-4-16-6-7-5-12-9(17-7)10-8(11-12)13(14)15/h7H,2-6H2,1H3. The molecule has 1 aliphatic heterocycles. The van der Waals surface area contributed by atoms with Gasteiger partial charge in [-0.1, -0.05) is 13.3 Å². The van der Waals surface area contributed by atoms with E-state index in [1.54, 1.807) is 0 Å². The van der Waals surface area contributed by atoms with Crippen LogP contribution in [-0.4, -0.2) is 39.0 Å². The molecular weight excluding hydrogens is 228 g/mol. The van der Waals surface area contributed by atoms with E-state index in [9.17, 15) is 10.1 Å². The summed E-state index contributed by atoms with van der Waals surface area (Å²) in [5, 5.41) is 14.1. The molecule has 1 atom stereocenters. The zero-order valence-electron chi connectivity index (χ0n) is 9.53. The maximum Gasteiger partial charge on any atom is 0.494 e. The van der Waals surface area contributed by atoms with Crippen molar-refractivity contribution >= 4 is 5.95 Å². The summed E-state index contributed by atoms with van der Waals surface area (Å²) < 4.78 is 12.2. The van der Waals surface area contributed by atoms with Crippen molar-refractivity contribution in [1.29, 1.82) is 0 Å². The van der Waals surface area contributed by atoms with Crippen molar-refractivity contribution in [2.24, 2.45) is 0 Å². The van der Waals surface area contributed by atoms with E-state index in [1.165, 1.54) is 4.68 Å². The van der Waals surface area contributed by atoms with Gasteiger partial charge in [-0.3, -0.25) is 0 Å². The fraction of sp³-hybridized carbons (Fsp3) is 0.778. The van der Waals surface area contributed by atoms with Gasteiger partial charge in [0, 0.05) is 11.7 Å². The van der Waals surface area contributed by atoms with Crippen molar-refractivity contribution in [2.75, 3.05) is 13.2 Å². The fourth-order valence-electron chi connectivity index (χ4n) is 1.53. The third-order valence-corrected chi connectivity index (χ3v) is 2.38. The van der Waals surface area contributed by atoms with Crippen LogP contribution < -0.4 is 4.74 Å². The molecule has 1 aromatic heterocycles. The number of hydrogen-bond donors (Lipinski definition) is 0. The van der Waals surface area contributed by atoms with Gasteiger partial charge in [0.1, 0.15) is 12.6 Å². The molecule has 2 heterocycles. The van der Waals surface area contributed by atoms with Crippen molar-refractivity contribution in [3.63, 3.8) is 0 Å². The van der Waals surface area contributed by atoms with Crippen LogP contribution in [0.15, 0.2) is 0 Å². The molecule has 1 aliphatic rings. The fourth-order valence-corrected chi connectivity index (χ4v) is 1.53. The zero-order valence-corrected chi connectivity index (χ0v) is 9.53. The van der Waals surface area contributed by atoms with Gasteiger partial charge in [0.15, 0.2) is 0 Å². The Morgan fingerprint density at radius 1 is 1.71 bits per heavy atom. The first kappa shape index (κ1) is 11.8. The minimum atomic E-state index is -0.637. The molecule has 8 heteroatoms. The minimum Gasteiger partial charge on any atom is -0.443 e. The van der Waals surface area contributed by atoms with Crippen LogP contribution in [0.25, 0.3) is 0 Å². The van der Waals surface area contributed by atoms with E-state index in [2.05, 4.69) is 17.0 Å². The molecule has 0 N–H and O–H groups in total. The summed E-state index contributed by atoms with van der Waals surface area (Å²) in [4.78, 5) is 13.4. The number of nitro groups is 1. The maximum absolute atomic E-state index is 10.4. The van der Waals surface area contributed by atoms with Crippen LogP contribution in [0.5, 0.6) is 6.01 Å².